The number of rotatable bonds is 3. The lowest BCUT2D eigenvalue weighted by atomic mass is 10.2. The first-order chi connectivity index (χ1) is 8.85. The topological polar surface area (TPSA) is 27.1 Å². The average Bonchev–Trinajstić information content (AvgIpc) is 2.76. The van der Waals surface area contributed by atoms with Gasteiger partial charge in [-0.3, -0.25) is 4.68 Å². The largest absolute Gasteiger partial charge is 0.573 e. The highest BCUT2D eigenvalue weighted by Crippen LogP contribution is 2.33. The molecule has 8 heteroatoms. The number of alkyl halides is 3. The van der Waals surface area contributed by atoms with Crippen LogP contribution in [0.15, 0.2) is 35.1 Å². The number of nitrogens with zero attached hydrogens (tertiary/aromatic N) is 2. The Morgan fingerprint density at radius 2 is 2.05 bits per heavy atom. The number of halogens is 5. The van der Waals surface area contributed by atoms with Crippen LogP contribution < -0.4 is 4.74 Å². The molecule has 2 aromatic rings. The predicted octanol–water partition coefficient (Wildman–Crippen LogP) is 3.73. The van der Waals surface area contributed by atoms with Gasteiger partial charge in [-0.1, -0.05) is 0 Å². The van der Waals surface area contributed by atoms with Crippen LogP contribution in [-0.4, -0.2) is 16.1 Å². The van der Waals surface area contributed by atoms with E-state index in [4.69, 9.17) is 0 Å². The van der Waals surface area contributed by atoms with Crippen LogP contribution in [-0.2, 0) is 6.54 Å². The highest BCUT2D eigenvalue weighted by molar-refractivity contribution is 9.10. The number of hydrogen-bond donors (Lipinski definition) is 0. The summed E-state index contributed by atoms with van der Waals surface area (Å²) in [6.07, 6.45) is -1.74. The Hall–Kier alpha value is -1.57. The highest BCUT2D eigenvalue weighted by atomic mass is 79.9. The summed E-state index contributed by atoms with van der Waals surface area (Å²) in [5, 5.41) is 3.89. The van der Waals surface area contributed by atoms with Gasteiger partial charge in [0.15, 0.2) is 0 Å². The van der Waals surface area contributed by atoms with Crippen LogP contribution in [0.4, 0.5) is 17.6 Å². The van der Waals surface area contributed by atoms with Crippen molar-refractivity contribution in [3.05, 3.63) is 46.4 Å². The maximum absolute atomic E-state index is 13.5. The van der Waals surface area contributed by atoms with E-state index >= 15 is 0 Å². The zero-order chi connectivity index (χ0) is 14.0. The summed E-state index contributed by atoms with van der Waals surface area (Å²) in [6.45, 7) is 0.144. The monoisotopic (exact) mass is 338 g/mol. The fourth-order valence-corrected chi connectivity index (χ4v) is 1.80. The van der Waals surface area contributed by atoms with Gasteiger partial charge < -0.3 is 4.74 Å². The molecule has 0 aliphatic heterocycles. The molecule has 19 heavy (non-hydrogen) atoms. The first-order valence-electron chi connectivity index (χ1n) is 5.06. The summed E-state index contributed by atoms with van der Waals surface area (Å²) < 4.78 is 54.9. The van der Waals surface area contributed by atoms with E-state index < -0.39 is 17.9 Å². The molecule has 0 unspecified atom stereocenters. The SMILES string of the molecule is Fc1cc(Cn2cccn2)cc(OC(F)(F)F)c1Br. The molecule has 3 nitrogen and oxygen atoms in total. The van der Waals surface area contributed by atoms with E-state index in [-0.39, 0.29) is 11.0 Å². The molecule has 1 aromatic carbocycles. The molecule has 0 aliphatic rings. The van der Waals surface area contributed by atoms with E-state index in [1.165, 1.54) is 10.9 Å². The van der Waals surface area contributed by atoms with Gasteiger partial charge in [0, 0.05) is 12.4 Å². The Balaban J connectivity index is 2.31. The highest BCUT2D eigenvalue weighted by Gasteiger charge is 2.32. The van der Waals surface area contributed by atoms with Gasteiger partial charge in [0.05, 0.1) is 11.0 Å². The molecule has 0 amide bonds. The van der Waals surface area contributed by atoms with Gasteiger partial charge >= 0.3 is 6.36 Å². The molecular weight excluding hydrogens is 332 g/mol. The maximum atomic E-state index is 13.5. The number of benzene rings is 1. The second-order valence-corrected chi connectivity index (χ2v) is 4.43. The van der Waals surface area contributed by atoms with Crippen molar-refractivity contribution in [2.45, 2.75) is 12.9 Å². The molecule has 2 rings (SSSR count). The normalized spacial score (nSPS) is 11.6. The van der Waals surface area contributed by atoms with Gasteiger partial charge in [0.1, 0.15) is 11.6 Å². The van der Waals surface area contributed by atoms with E-state index in [0.29, 0.717) is 5.56 Å². The molecular formula is C11H7BrF4N2O. The molecule has 102 valence electrons. The van der Waals surface area contributed by atoms with E-state index in [2.05, 4.69) is 25.8 Å². The molecule has 0 aliphatic carbocycles. The van der Waals surface area contributed by atoms with Crippen molar-refractivity contribution in [2.24, 2.45) is 0 Å². The smallest absolute Gasteiger partial charge is 0.404 e. The van der Waals surface area contributed by atoms with Gasteiger partial charge in [-0.15, -0.1) is 13.2 Å². The third kappa shape index (κ3) is 3.69. The van der Waals surface area contributed by atoms with Crippen LogP contribution in [0, 0.1) is 5.82 Å². The van der Waals surface area contributed by atoms with E-state index in [1.54, 1.807) is 12.3 Å². The number of ether oxygens (including phenoxy) is 1. The second-order valence-electron chi connectivity index (χ2n) is 3.64. The standard InChI is InChI=1S/C11H7BrF4N2O/c12-10-8(13)4-7(6-18-3-1-2-17-18)5-9(10)19-11(14,15)16/h1-5H,6H2. The van der Waals surface area contributed by atoms with Crippen molar-refractivity contribution in [2.75, 3.05) is 0 Å². The zero-order valence-corrected chi connectivity index (χ0v) is 10.9. The Bertz CT molecular complexity index is 569. The first kappa shape index (κ1) is 13.9. The molecule has 1 heterocycles. The number of aromatic nitrogens is 2. The van der Waals surface area contributed by atoms with Crippen LogP contribution in [0.25, 0.3) is 0 Å². The van der Waals surface area contributed by atoms with Crippen molar-refractivity contribution >= 4 is 15.9 Å². The van der Waals surface area contributed by atoms with Crippen molar-refractivity contribution in [3.63, 3.8) is 0 Å². The quantitative estimate of drug-likeness (QED) is 0.797. The third-order valence-corrected chi connectivity index (χ3v) is 2.95. The third-order valence-electron chi connectivity index (χ3n) is 2.18. The van der Waals surface area contributed by atoms with Crippen molar-refractivity contribution in [3.8, 4) is 5.75 Å². The van der Waals surface area contributed by atoms with Gasteiger partial charge in [0.2, 0.25) is 0 Å². The maximum Gasteiger partial charge on any atom is 0.573 e. The minimum Gasteiger partial charge on any atom is -0.404 e. The summed E-state index contributed by atoms with van der Waals surface area (Å²) in [6, 6.07) is 3.89. The second kappa shape index (κ2) is 5.20. The molecule has 0 fully saturated rings. The molecule has 0 atom stereocenters. The molecule has 0 saturated heterocycles. The van der Waals surface area contributed by atoms with Crippen molar-refractivity contribution < 1.29 is 22.3 Å². The Morgan fingerprint density at radius 1 is 1.32 bits per heavy atom. The summed E-state index contributed by atoms with van der Waals surface area (Å²) in [5.41, 5.74) is 0.309. The van der Waals surface area contributed by atoms with Gasteiger partial charge in [0.25, 0.3) is 0 Å². The lowest BCUT2D eigenvalue weighted by Gasteiger charge is -2.12. The van der Waals surface area contributed by atoms with E-state index in [0.717, 1.165) is 12.1 Å². The summed E-state index contributed by atoms with van der Waals surface area (Å²) >= 11 is 2.72. The minimum atomic E-state index is -4.88. The lowest BCUT2D eigenvalue weighted by molar-refractivity contribution is -0.275. The molecule has 0 spiro atoms. The first-order valence-corrected chi connectivity index (χ1v) is 5.85. The van der Waals surface area contributed by atoms with Gasteiger partial charge in [-0.25, -0.2) is 4.39 Å². The van der Waals surface area contributed by atoms with Gasteiger partial charge in [-0.2, -0.15) is 5.10 Å². The van der Waals surface area contributed by atoms with Gasteiger partial charge in [-0.05, 0) is 39.7 Å². The number of hydrogen-bond acceptors (Lipinski definition) is 2. The van der Waals surface area contributed by atoms with Crippen LogP contribution in [0.5, 0.6) is 5.75 Å². The minimum absolute atomic E-state index is 0.144. The fourth-order valence-electron chi connectivity index (χ4n) is 1.49. The van der Waals surface area contributed by atoms with Crippen LogP contribution in [0.3, 0.4) is 0 Å². The molecule has 0 radical (unpaired) electrons. The van der Waals surface area contributed by atoms with Crippen molar-refractivity contribution in [1.29, 1.82) is 0 Å². The molecule has 1 aromatic heterocycles. The average molecular weight is 339 g/mol. The molecule has 0 saturated carbocycles. The van der Waals surface area contributed by atoms with Crippen LogP contribution in [0.2, 0.25) is 0 Å². The zero-order valence-electron chi connectivity index (χ0n) is 9.29. The predicted molar refractivity (Wildman–Crippen MR) is 62.1 cm³/mol. The summed E-state index contributed by atoms with van der Waals surface area (Å²) in [4.78, 5) is 0. The Labute approximate surface area is 113 Å². The van der Waals surface area contributed by atoms with Crippen LogP contribution >= 0.6 is 15.9 Å². The molecule has 0 bridgehead atoms. The Kier molecular flexibility index (Phi) is 3.79. The summed E-state index contributed by atoms with van der Waals surface area (Å²) in [7, 11) is 0. The van der Waals surface area contributed by atoms with E-state index in [1.807, 2.05) is 0 Å². The fraction of sp³-hybridized carbons (Fsp3) is 0.182. The molecule has 0 N–H and O–H groups in total. The van der Waals surface area contributed by atoms with Crippen LogP contribution in [0.1, 0.15) is 5.56 Å². The Morgan fingerprint density at radius 3 is 2.63 bits per heavy atom. The van der Waals surface area contributed by atoms with E-state index in [9.17, 15) is 17.6 Å². The summed E-state index contributed by atoms with van der Waals surface area (Å²) in [5.74, 6) is -1.45. The lowest BCUT2D eigenvalue weighted by Crippen LogP contribution is -2.18. The van der Waals surface area contributed by atoms with Crippen molar-refractivity contribution in [1.82, 2.24) is 9.78 Å².